The minimum absolute atomic E-state index is 0.294. The third kappa shape index (κ3) is 5.69. The number of rotatable bonds is 4. The topological polar surface area (TPSA) is 41.6 Å². The lowest BCUT2D eigenvalue weighted by Gasteiger charge is -2.16. The van der Waals surface area contributed by atoms with Gasteiger partial charge in [0.05, 0.1) is 0 Å². The predicted molar refractivity (Wildman–Crippen MR) is 65.5 cm³/mol. The van der Waals surface area contributed by atoms with Crippen LogP contribution < -0.4 is 10.1 Å². The highest BCUT2D eigenvalue weighted by Gasteiger charge is 2.30. The third-order valence-electron chi connectivity index (χ3n) is 2.11. The molecule has 19 heavy (non-hydrogen) atoms. The number of carbonyl (C=O) groups is 1. The van der Waals surface area contributed by atoms with Crippen LogP contribution in [-0.2, 0) is 0 Å². The molecule has 0 saturated carbocycles. The standard InChI is InChI=1S/C11H12ClF3N2O2/c1-17(7-6-12)10(18)16-8-2-4-9(5-3-8)19-11(13,14)15/h2-5H,6-7H2,1H3,(H,16,18). The van der Waals surface area contributed by atoms with Crippen molar-refractivity contribution in [3.05, 3.63) is 24.3 Å². The molecule has 8 heteroatoms. The van der Waals surface area contributed by atoms with Crippen LogP contribution in [0.15, 0.2) is 24.3 Å². The highest BCUT2D eigenvalue weighted by Crippen LogP contribution is 2.23. The maximum atomic E-state index is 11.9. The Balaban J connectivity index is 2.59. The highest BCUT2D eigenvalue weighted by atomic mass is 35.5. The largest absolute Gasteiger partial charge is 0.573 e. The summed E-state index contributed by atoms with van der Waals surface area (Å²) in [7, 11) is 1.55. The second-order valence-corrected chi connectivity index (χ2v) is 3.99. The van der Waals surface area contributed by atoms with Gasteiger partial charge in [0, 0.05) is 25.2 Å². The molecule has 0 atom stereocenters. The van der Waals surface area contributed by atoms with Crippen molar-refractivity contribution in [2.75, 3.05) is 24.8 Å². The van der Waals surface area contributed by atoms with Crippen molar-refractivity contribution in [3.63, 3.8) is 0 Å². The average molecular weight is 297 g/mol. The molecule has 0 aliphatic rings. The fraction of sp³-hybridized carbons (Fsp3) is 0.364. The molecular weight excluding hydrogens is 285 g/mol. The molecule has 0 aromatic heterocycles. The van der Waals surface area contributed by atoms with E-state index in [0.717, 1.165) is 12.1 Å². The van der Waals surface area contributed by atoms with Crippen LogP contribution in [0.2, 0.25) is 0 Å². The Morgan fingerprint density at radius 3 is 2.42 bits per heavy atom. The van der Waals surface area contributed by atoms with Crippen molar-refractivity contribution >= 4 is 23.3 Å². The van der Waals surface area contributed by atoms with Crippen molar-refractivity contribution in [2.24, 2.45) is 0 Å². The molecule has 0 saturated heterocycles. The van der Waals surface area contributed by atoms with Crippen LogP contribution in [0.4, 0.5) is 23.7 Å². The molecule has 0 bridgehead atoms. The number of anilines is 1. The SMILES string of the molecule is CN(CCCl)C(=O)Nc1ccc(OC(F)(F)F)cc1. The Morgan fingerprint density at radius 2 is 1.95 bits per heavy atom. The zero-order chi connectivity index (χ0) is 14.5. The van der Waals surface area contributed by atoms with Crippen molar-refractivity contribution in [1.29, 1.82) is 0 Å². The van der Waals surface area contributed by atoms with Crippen LogP contribution in [0.1, 0.15) is 0 Å². The van der Waals surface area contributed by atoms with Gasteiger partial charge in [-0.1, -0.05) is 0 Å². The summed E-state index contributed by atoms with van der Waals surface area (Å²) < 4.78 is 39.5. The van der Waals surface area contributed by atoms with E-state index in [0.29, 0.717) is 18.1 Å². The number of nitrogens with one attached hydrogen (secondary N) is 1. The predicted octanol–water partition coefficient (Wildman–Crippen LogP) is 3.29. The fourth-order valence-corrected chi connectivity index (χ4v) is 1.44. The summed E-state index contributed by atoms with van der Waals surface area (Å²) in [6.45, 7) is 0.364. The first-order valence-corrected chi connectivity index (χ1v) is 5.79. The Morgan fingerprint density at radius 1 is 1.37 bits per heavy atom. The smallest absolute Gasteiger partial charge is 0.406 e. The van der Waals surface area contributed by atoms with E-state index >= 15 is 0 Å². The molecule has 0 heterocycles. The van der Waals surface area contributed by atoms with Gasteiger partial charge < -0.3 is 15.0 Å². The molecule has 1 rings (SSSR count). The number of hydrogen-bond acceptors (Lipinski definition) is 2. The van der Waals surface area contributed by atoms with Crippen LogP contribution in [-0.4, -0.2) is 36.8 Å². The summed E-state index contributed by atoms with van der Waals surface area (Å²) >= 11 is 5.48. The molecule has 1 aromatic carbocycles. The minimum atomic E-state index is -4.73. The van der Waals surface area contributed by atoms with Crippen molar-refractivity contribution in [3.8, 4) is 5.75 Å². The molecule has 0 aliphatic carbocycles. The molecule has 0 radical (unpaired) electrons. The summed E-state index contributed by atoms with van der Waals surface area (Å²) in [4.78, 5) is 12.9. The minimum Gasteiger partial charge on any atom is -0.406 e. The van der Waals surface area contributed by atoms with Gasteiger partial charge in [-0.25, -0.2) is 4.79 Å². The van der Waals surface area contributed by atoms with E-state index in [4.69, 9.17) is 11.6 Å². The van der Waals surface area contributed by atoms with Gasteiger partial charge in [-0.05, 0) is 24.3 Å². The van der Waals surface area contributed by atoms with Crippen molar-refractivity contribution in [1.82, 2.24) is 4.90 Å². The lowest BCUT2D eigenvalue weighted by molar-refractivity contribution is -0.274. The van der Waals surface area contributed by atoms with Crippen LogP contribution >= 0.6 is 11.6 Å². The van der Waals surface area contributed by atoms with Crippen LogP contribution in [0.3, 0.4) is 0 Å². The Labute approximate surface area is 113 Å². The van der Waals surface area contributed by atoms with Gasteiger partial charge in [0.2, 0.25) is 0 Å². The molecule has 2 amide bonds. The summed E-state index contributed by atoms with van der Waals surface area (Å²) in [6.07, 6.45) is -4.73. The van der Waals surface area contributed by atoms with Gasteiger partial charge in [-0.3, -0.25) is 0 Å². The van der Waals surface area contributed by atoms with E-state index < -0.39 is 12.4 Å². The van der Waals surface area contributed by atoms with E-state index in [9.17, 15) is 18.0 Å². The van der Waals surface area contributed by atoms with Gasteiger partial charge in [0.15, 0.2) is 0 Å². The Hall–Kier alpha value is -1.63. The number of urea groups is 1. The number of ether oxygens (including phenoxy) is 1. The lowest BCUT2D eigenvalue weighted by Crippen LogP contribution is -2.32. The monoisotopic (exact) mass is 296 g/mol. The first-order chi connectivity index (χ1) is 8.81. The number of nitrogens with zero attached hydrogens (tertiary/aromatic N) is 1. The van der Waals surface area contributed by atoms with Gasteiger partial charge >= 0.3 is 12.4 Å². The van der Waals surface area contributed by atoms with Gasteiger partial charge in [0.25, 0.3) is 0 Å². The number of hydrogen-bond donors (Lipinski definition) is 1. The van der Waals surface area contributed by atoms with Crippen LogP contribution in [0.5, 0.6) is 5.75 Å². The normalized spacial score (nSPS) is 11.0. The summed E-state index contributed by atoms with van der Waals surface area (Å²) in [5, 5.41) is 2.51. The average Bonchev–Trinajstić information content (AvgIpc) is 2.30. The van der Waals surface area contributed by atoms with Crippen LogP contribution in [0.25, 0.3) is 0 Å². The Bertz CT molecular complexity index is 423. The van der Waals surface area contributed by atoms with Crippen LogP contribution in [0, 0.1) is 0 Å². The molecule has 4 nitrogen and oxygen atoms in total. The molecule has 0 unspecified atom stereocenters. The van der Waals surface area contributed by atoms with E-state index in [-0.39, 0.29) is 5.75 Å². The zero-order valence-corrected chi connectivity index (χ0v) is 10.8. The van der Waals surface area contributed by atoms with E-state index in [1.165, 1.54) is 17.0 Å². The quantitative estimate of drug-likeness (QED) is 0.866. The molecule has 1 N–H and O–H groups in total. The third-order valence-corrected chi connectivity index (χ3v) is 2.27. The molecule has 1 aromatic rings. The molecule has 0 spiro atoms. The Kier molecular flexibility index (Phi) is 5.29. The second kappa shape index (κ2) is 6.51. The van der Waals surface area contributed by atoms with Crippen molar-refractivity contribution < 1.29 is 22.7 Å². The number of alkyl halides is 4. The molecule has 0 aliphatic heterocycles. The van der Waals surface area contributed by atoms with E-state index in [1.807, 2.05) is 0 Å². The number of halogens is 4. The number of amides is 2. The maximum absolute atomic E-state index is 11.9. The molecule has 106 valence electrons. The van der Waals surface area contributed by atoms with E-state index in [2.05, 4.69) is 10.1 Å². The fourth-order valence-electron chi connectivity index (χ4n) is 1.19. The van der Waals surface area contributed by atoms with E-state index in [1.54, 1.807) is 7.05 Å². The summed E-state index contributed by atoms with van der Waals surface area (Å²) in [6, 6.07) is 4.46. The maximum Gasteiger partial charge on any atom is 0.573 e. The summed E-state index contributed by atoms with van der Waals surface area (Å²) in [5.41, 5.74) is 0.362. The van der Waals surface area contributed by atoms with Gasteiger partial charge in [-0.15, -0.1) is 24.8 Å². The number of benzene rings is 1. The van der Waals surface area contributed by atoms with Gasteiger partial charge in [-0.2, -0.15) is 0 Å². The summed E-state index contributed by atoms with van der Waals surface area (Å²) in [5.74, 6) is -0.0537. The highest BCUT2D eigenvalue weighted by molar-refractivity contribution is 6.18. The van der Waals surface area contributed by atoms with Crippen molar-refractivity contribution in [2.45, 2.75) is 6.36 Å². The molecular formula is C11H12ClF3N2O2. The first kappa shape index (κ1) is 15.4. The van der Waals surface area contributed by atoms with Gasteiger partial charge in [0.1, 0.15) is 5.75 Å². The zero-order valence-electron chi connectivity index (χ0n) is 10.00. The molecule has 0 fully saturated rings. The number of carbonyl (C=O) groups excluding carboxylic acids is 1. The first-order valence-electron chi connectivity index (χ1n) is 5.25. The second-order valence-electron chi connectivity index (χ2n) is 3.61. The lowest BCUT2D eigenvalue weighted by atomic mass is 10.3.